The van der Waals surface area contributed by atoms with E-state index in [1.54, 1.807) is 13.1 Å². The Balaban J connectivity index is 1.40. The van der Waals surface area contributed by atoms with Crippen molar-refractivity contribution in [2.24, 2.45) is 0 Å². The van der Waals surface area contributed by atoms with E-state index in [1.165, 1.54) is 12.1 Å². The summed E-state index contributed by atoms with van der Waals surface area (Å²) in [6, 6.07) is 3.28. The maximum Gasteiger partial charge on any atom is 0.318 e. The predicted molar refractivity (Wildman–Crippen MR) is 107 cm³/mol. The van der Waals surface area contributed by atoms with Crippen LogP contribution in [0.1, 0.15) is 38.3 Å². The molecule has 2 heterocycles. The number of hydrogen-bond donors (Lipinski definition) is 0. The topological polar surface area (TPSA) is 64.5 Å². The molecule has 6 nitrogen and oxygen atoms in total. The lowest BCUT2D eigenvalue weighted by atomic mass is 10.0. The minimum Gasteiger partial charge on any atom is -0.487 e. The molecular weight excluding hydrogens is 416 g/mol. The molecule has 0 bridgehead atoms. The van der Waals surface area contributed by atoms with E-state index in [1.807, 2.05) is 4.90 Å². The normalized spacial score (nSPS) is 18.2. The van der Waals surface area contributed by atoms with Gasteiger partial charge in [0.05, 0.1) is 18.5 Å². The van der Waals surface area contributed by atoms with Gasteiger partial charge in [-0.3, -0.25) is 4.79 Å². The van der Waals surface area contributed by atoms with Crippen molar-refractivity contribution < 1.29 is 23.0 Å². The lowest BCUT2D eigenvalue weighted by Gasteiger charge is -2.33. The number of anilines is 1. The molecule has 4 rings (SSSR count). The van der Waals surface area contributed by atoms with Crippen molar-refractivity contribution in [2.45, 2.75) is 44.1 Å². The molecule has 2 aliphatic rings. The van der Waals surface area contributed by atoms with Gasteiger partial charge in [0, 0.05) is 32.0 Å². The fourth-order valence-corrected chi connectivity index (χ4v) is 3.96. The molecule has 1 aromatic carbocycles. The van der Waals surface area contributed by atoms with E-state index in [-0.39, 0.29) is 23.0 Å². The Labute approximate surface area is 178 Å². The molecule has 1 saturated heterocycles. The van der Waals surface area contributed by atoms with E-state index >= 15 is 0 Å². The summed E-state index contributed by atoms with van der Waals surface area (Å²) in [5.41, 5.74) is -0.176. The Morgan fingerprint density at radius 1 is 1.30 bits per heavy atom. The van der Waals surface area contributed by atoms with Gasteiger partial charge in [0.1, 0.15) is 17.3 Å². The van der Waals surface area contributed by atoms with Crippen molar-refractivity contribution in [1.29, 1.82) is 0 Å². The minimum atomic E-state index is -0.717. The lowest BCUT2D eigenvalue weighted by molar-refractivity contribution is -0.146. The van der Waals surface area contributed by atoms with Gasteiger partial charge in [-0.15, -0.1) is 0 Å². The number of rotatable bonds is 6. The number of carbonyl (C=O) groups is 1. The largest absolute Gasteiger partial charge is 0.487 e. The average Bonchev–Trinajstić information content (AvgIpc) is 3.53. The Bertz CT molecular complexity index is 947. The predicted octanol–water partition coefficient (Wildman–Crippen LogP) is 4.05. The van der Waals surface area contributed by atoms with Crippen LogP contribution in [0.25, 0.3) is 0 Å². The van der Waals surface area contributed by atoms with Crippen LogP contribution >= 0.6 is 11.6 Å². The molecular formula is C21H22ClF2N3O3. The summed E-state index contributed by atoms with van der Waals surface area (Å²) in [5, 5.41) is 0.243. The number of aromatic nitrogens is 2. The highest BCUT2D eigenvalue weighted by atomic mass is 35.5. The molecule has 0 unspecified atom stereocenters. The van der Waals surface area contributed by atoms with E-state index in [4.69, 9.17) is 21.1 Å². The molecule has 0 spiro atoms. The second kappa shape index (κ2) is 8.34. The van der Waals surface area contributed by atoms with Gasteiger partial charge < -0.3 is 14.4 Å². The zero-order valence-electron chi connectivity index (χ0n) is 16.5. The summed E-state index contributed by atoms with van der Waals surface area (Å²) in [6.07, 6.45) is 4.03. The molecule has 1 aliphatic carbocycles. The third-order valence-electron chi connectivity index (χ3n) is 5.55. The first-order chi connectivity index (χ1) is 14.4. The van der Waals surface area contributed by atoms with Crippen LogP contribution < -0.4 is 9.64 Å². The third kappa shape index (κ3) is 4.05. The van der Waals surface area contributed by atoms with Gasteiger partial charge in [-0.1, -0.05) is 11.6 Å². The maximum atomic E-state index is 13.8. The third-order valence-corrected chi connectivity index (χ3v) is 5.80. The minimum absolute atomic E-state index is 0.0470. The number of hydrogen-bond acceptors (Lipinski definition) is 6. The zero-order valence-corrected chi connectivity index (χ0v) is 17.3. The molecule has 9 heteroatoms. The fraction of sp³-hybridized carbons (Fsp3) is 0.476. The number of nitrogens with zero attached hydrogens (tertiary/aromatic N) is 3. The molecule has 0 amide bonds. The number of halogens is 3. The molecule has 1 aromatic heterocycles. The van der Waals surface area contributed by atoms with Gasteiger partial charge in [-0.2, -0.15) is 0 Å². The molecule has 1 saturated carbocycles. The smallest absolute Gasteiger partial charge is 0.318 e. The second-order valence-electron chi connectivity index (χ2n) is 7.55. The molecule has 0 atom stereocenters. The van der Waals surface area contributed by atoms with Crippen LogP contribution in [0, 0.1) is 11.6 Å². The highest BCUT2D eigenvalue weighted by molar-refractivity contribution is 6.31. The van der Waals surface area contributed by atoms with Crippen molar-refractivity contribution in [3.8, 4) is 5.75 Å². The lowest BCUT2D eigenvalue weighted by Crippen LogP contribution is -2.39. The van der Waals surface area contributed by atoms with Crippen LogP contribution in [0.5, 0.6) is 5.75 Å². The summed E-state index contributed by atoms with van der Waals surface area (Å²) in [4.78, 5) is 23.1. The number of piperidine rings is 1. The Hall–Kier alpha value is -2.48. The first kappa shape index (κ1) is 20.8. The molecule has 2 fully saturated rings. The van der Waals surface area contributed by atoms with E-state index in [0.717, 1.165) is 6.07 Å². The molecule has 2 aromatic rings. The van der Waals surface area contributed by atoms with E-state index in [2.05, 4.69) is 9.97 Å². The quantitative estimate of drug-likeness (QED) is 0.635. The highest BCUT2D eigenvalue weighted by Gasteiger charge is 2.54. The summed E-state index contributed by atoms with van der Waals surface area (Å²) in [7, 11) is 0. The van der Waals surface area contributed by atoms with Crippen molar-refractivity contribution >= 4 is 23.4 Å². The van der Waals surface area contributed by atoms with Gasteiger partial charge in [0.25, 0.3) is 0 Å². The van der Waals surface area contributed by atoms with Crippen molar-refractivity contribution in [1.82, 2.24) is 9.97 Å². The van der Waals surface area contributed by atoms with E-state index in [9.17, 15) is 13.6 Å². The molecule has 0 N–H and O–H groups in total. The Kier molecular flexibility index (Phi) is 5.77. The Morgan fingerprint density at radius 3 is 2.63 bits per heavy atom. The molecule has 1 aliphatic heterocycles. The van der Waals surface area contributed by atoms with Crippen LogP contribution in [0.3, 0.4) is 0 Å². The van der Waals surface area contributed by atoms with Gasteiger partial charge in [-0.05, 0) is 31.9 Å². The second-order valence-corrected chi connectivity index (χ2v) is 7.91. The fourth-order valence-electron chi connectivity index (χ4n) is 3.70. The number of esters is 1. The molecule has 160 valence electrons. The van der Waals surface area contributed by atoms with Crippen LogP contribution in [-0.2, 0) is 14.9 Å². The van der Waals surface area contributed by atoms with Crippen LogP contribution in [0.2, 0.25) is 5.15 Å². The first-order valence-electron chi connectivity index (χ1n) is 10.00. The van der Waals surface area contributed by atoms with E-state index < -0.39 is 17.0 Å². The summed E-state index contributed by atoms with van der Waals surface area (Å²) >= 11 is 6.40. The summed E-state index contributed by atoms with van der Waals surface area (Å²) in [6.45, 7) is 3.29. The van der Waals surface area contributed by atoms with Crippen molar-refractivity contribution in [2.75, 3.05) is 24.6 Å². The van der Waals surface area contributed by atoms with Crippen LogP contribution in [0.15, 0.2) is 24.4 Å². The molecule has 0 radical (unpaired) electrons. The Morgan fingerprint density at radius 2 is 2.03 bits per heavy atom. The molecule has 30 heavy (non-hydrogen) atoms. The van der Waals surface area contributed by atoms with E-state index in [0.29, 0.717) is 56.9 Å². The maximum absolute atomic E-state index is 13.8. The van der Waals surface area contributed by atoms with Gasteiger partial charge in [-0.25, -0.2) is 18.7 Å². The standard InChI is InChI=1S/C21H22ClF2N3O3/c1-2-29-20(28)21(7-8-21)17-12-25-19(18(22)26-17)27-9-5-14(6-10-27)30-16-4-3-13(23)11-15(16)24/h3-4,11-12,14H,2,5-10H2,1H3. The summed E-state index contributed by atoms with van der Waals surface area (Å²) < 4.78 is 37.7. The van der Waals surface area contributed by atoms with Gasteiger partial charge >= 0.3 is 5.97 Å². The number of benzene rings is 1. The van der Waals surface area contributed by atoms with Crippen LogP contribution in [0.4, 0.5) is 14.6 Å². The van der Waals surface area contributed by atoms with Gasteiger partial charge in [0.2, 0.25) is 0 Å². The average molecular weight is 438 g/mol. The summed E-state index contributed by atoms with van der Waals surface area (Å²) in [5.74, 6) is -1.04. The number of ether oxygens (including phenoxy) is 2. The van der Waals surface area contributed by atoms with Crippen molar-refractivity contribution in [3.05, 3.63) is 46.9 Å². The van der Waals surface area contributed by atoms with Crippen molar-refractivity contribution in [3.63, 3.8) is 0 Å². The monoisotopic (exact) mass is 437 g/mol. The first-order valence-corrected chi connectivity index (χ1v) is 10.4. The van der Waals surface area contributed by atoms with Gasteiger partial charge in [0.15, 0.2) is 22.5 Å². The zero-order chi connectivity index (χ0) is 21.3. The highest BCUT2D eigenvalue weighted by Crippen LogP contribution is 2.49. The number of carbonyl (C=O) groups excluding carboxylic acids is 1. The van der Waals surface area contributed by atoms with Crippen LogP contribution in [-0.4, -0.2) is 41.7 Å². The SMILES string of the molecule is CCOC(=O)C1(c2cnc(N3CCC(Oc4ccc(F)cc4F)CC3)c(Cl)n2)CC1.